The number of aliphatic imine (C=N–C) groups is 1. The first kappa shape index (κ1) is 20.6. The van der Waals surface area contributed by atoms with Crippen LogP contribution in [0.25, 0.3) is 0 Å². The predicted octanol–water partition coefficient (Wildman–Crippen LogP) is 4.06. The quantitative estimate of drug-likeness (QED) is 0.733. The molecule has 0 bridgehead atoms. The van der Waals surface area contributed by atoms with Gasteiger partial charge in [-0.05, 0) is 76.8 Å². The SMILES string of the molecule is COc1ccc(/C(C)=N\C2CCOC23CCN(C(=O)OC(C)(C)C)CC3)cc1. The Hall–Kier alpha value is -2.08. The Morgan fingerprint density at radius 3 is 2.43 bits per heavy atom. The van der Waals surface area contributed by atoms with Gasteiger partial charge in [-0.2, -0.15) is 0 Å². The van der Waals surface area contributed by atoms with E-state index in [-0.39, 0.29) is 17.7 Å². The summed E-state index contributed by atoms with van der Waals surface area (Å²) in [6, 6.07) is 8.09. The zero-order valence-electron chi connectivity index (χ0n) is 17.7. The lowest BCUT2D eigenvalue weighted by molar-refractivity contribution is -0.0545. The van der Waals surface area contributed by atoms with Crippen LogP contribution in [0.15, 0.2) is 29.3 Å². The molecule has 3 rings (SSSR count). The van der Waals surface area contributed by atoms with Crippen molar-refractivity contribution in [3.63, 3.8) is 0 Å². The summed E-state index contributed by atoms with van der Waals surface area (Å²) >= 11 is 0. The minimum atomic E-state index is -0.474. The maximum Gasteiger partial charge on any atom is 0.410 e. The zero-order valence-corrected chi connectivity index (χ0v) is 17.7. The average Bonchev–Trinajstić information content (AvgIpc) is 3.02. The lowest BCUT2D eigenvalue weighted by atomic mass is 9.84. The summed E-state index contributed by atoms with van der Waals surface area (Å²) in [5.74, 6) is 0.840. The van der Waals surface area contributed by atoms with Crippen molar-refractivity contribution in [3.05, 3.63) is 29.8 Å². The number of ether oxygens (including phenoxy) is 3. The zero-order chi connectivity index (χ0) is 20.4. The standard InChI is InChI=1S/C22H32N2O4/c1-16(17-6-8-18(26-5)9-7-17)23-19-10-15-27-22(19)11-13-24(14-12-22)20(25)28-21(2,3)4/h6-9,19H,10-15H2,1-5H3/b23-16-. The largest absolute Gasteiger partial charge is 0.497 e. The number of hydrogen-bond donors (Lipinski definition) is 0. The van der Waals surface area contributed by atoms with E-state index in [0.717, 1.165) is 42.9 Å². The molecule has 154 valence electrons. The van der Waals surface area contributed by atoms with Gasteiger partial charge in [0.15, 0.2) is 0 Å². The van der Waals surface area contributed by atoms with Crippen molar-refractivity contribution in [1.29, 1.82) is 0 Å². The summed E-state index contributed by atoms with van der Waals surface area (Å²) in [5, 5.41) is 0. The number of likely N-dealkylation sites (tertiary alicyclic amines) is 1. The number of benzene rings is 1. The summed E-state index contributed by atoms with van der Waals surface area (Å²) in [5.41, 5.74) is 1.35. The van der Waals surface area contributed by atoms with E-state index in [1.54, 1.807) is 12.0 Å². The molecule has 1 atom stereocenters. The molecule has 1 aromatic rings. The van der Waals surface area contributed by atoms with Crippen molar-refractivity contribution in [2.24, 2.45) is 4.99 Å². The number of methoxy groups -OCH3 is 1. The fourth-order valence-corrected chi connectivity index (χ4v) is 3.93. The lowest BCUT2D eigenvalue weighted by Gasteiger charge is -2.41. The number of amides is 1. The van der Waals surface area contributed by atoms with Gasteiger partial charge in [0, 0.05) is 25.4 Å². The first-order chi connectivity index (χ1) is 13.2. The Labute approximate surface area is 167 Å². The van der Waals surface area contributed by atoms with Crippen LogP contribution in [0.5, 0.6) is 5.75 Å². The van der Waals surface area contributed by atoms with Gasteiger partial charge in [-0.15, -0.1) is 0 Å². The molecule has 1 aromatic carbocycles. The molecule has 0 saturated carbocycles. The second-order valence-corrected chi connectivity index (χ2v) is 8.63. The molecule has 28 heavy (non-hydrogen) atoms. The van der Waals surface area contributed by atoms with E-state index in [1.807, 2.05) is 52.0 Å². The second kappa shape index (κ2) is 8.11. The number of carbonyl (C=O) groups excluding carboxylic acids is 1. The molecule has 6 heteroatoms. The van der Waals surface area contributed by atoms with Crippen LogP contribution in [-0.4, -0.2) is 60.8 Å². The molecule has 2 fully saturated rings. The van der Waals surface area contributed by atoms with Crippen LogP contribution in [0.4, 0.5) is 4.79 Å². The molecule has 2 heterocycles. The molecular weight excluding hydrogens is 356 g/mol. The van der Waals surface area contributed by atoms with Crippen LogP contribution >= 0.6 is 0 Å². The molecule has 0 aromatic heterocycles. The number of carbonyl (C=O) groups is 1. The van der Waals surface area contributed by atoms with Gasteiger partial charge in [0.1, 0.15) is 11.4 Å². The second-order valence-electron chi connectivity index (χ2n) is 8.63. The Kier molecular flexibility index (Phi) is 5.98. The minimum absolute atomic E-state index is 0.121. The number of nitrogens with zero attached hydrogens (tertiary/aromatic N) is 2. The topological polar surface area (TPSA) is 60.4 Å². The van der Waals surface area contributed by atoms with E-state index in [2.05, 4.69) is 0 Å². The maximum absolute atomic E-state index is 12.3. The smallest absolute Gasteiger partial charge is 0.410 e. The Morgan fingerprint density at radius 2 is 1.86 bits per heavy atom. The fraction of sp³-hybridized carbons (Fsp3) is 0.636. The normalized spacial score (nSPS) is 22.4. The molecule has 6 nitrogen and oxygen atoms in total. The van der Waals surface area contributed by atoms with Gasteiger partial charge in [0.25, 0.3) is 0 Å². The van der Waals surface area contributed by atoms with Crippen LogP contribution in [0, 0.1) is 0 Å². The molecule has 0 aliphatic carbocycles. The van der Waals surface area contributed by atoms with Gasteiger partial charge < -0.3 is 19.1 Å². The summed E-state index contributed by atoms with van der Waals surface area (Å²) in [6.45, 7) is 9.72. The highest BCUT2D eigenvalue weighted by atomic mass is 16.6. The molecule has 0 N–H and O–H groups in total. The van der Waals surface area contributed by atoms with E-state index in [9.17, 15) is 4.79 Å². The lowest BCUT2D eigenvalue weighted by Crippen LogP contribution is -2.51. The van der Waals surface area contributed by atoms with E-state index in [4.69, 9.17) is 19.2 Å². The van der Waals surface area contributed by atoms with Crippen LogP contribution in [0.3, 0.4) is 0 Å². The van der Waals surface area contributed by atoms with Crippen LogP contribution in [-0.2, 0) is 9.47 Å². The maximum atomic E-state index is 12.3. The van der Waals surface area contributed by atoms with Crippen molar-refractivity contribution in [2.45, 2.75) is 64.2 Å². The highest BCUT2D eigenvalue weighted by Gasteiger charge is 2.47. The summed E-state index contributed by atoms with van der Waals surface area (Å²) < 4.78 is 16.9. The third-order valence-electron chi connectivity index (χ3n) is 5.51. The monoisotopic (exact) mass is 388 g/mol. The molecule has 1 spiro atoms. The Bertz CT molecular complexity index is 713. The Balaban J connectivity index is 1.66. The molecule has 0 radical (unpaired) electrons. The average molecular weight is 389 g/mol. The van der Waals surface area contributed by atoms with Crippen molar-refractivity contribution in [3.8, 4) is 5.75 Å². The van der Waals surface area contributed by atoms with Crippen molar-refractivity contribution >= 4 is 11.8 Å². The summed E-state index contributed by atoms with van der Waals surface area (Å²) in [6.07, 6.45) is 2.25. The molecule has 1 unspecified atom stereocenters. The van der Waals surface area contributed by atoms with Gasteiger partial charge in [0.2, 0.25) is 0 Å². The predicted molar refractivity (Wildman–Crippen MR) is 109 cm³/mol. The molecule has 2 aliphatic heterocycles. The van der Waals surface area contributed by atoms with Crippen LogP contribution in [0.1, 0.15) is 52.5 Å². The first-order valence-corrected chi connectivity index (χ1v) is 10.0. The third kappa shape index (κ3) is 4.66. The van der Waals surface area contributed by atoms with E-state index < -0.39 is 5.60 Å². The molecule has 2 saturated heterocycles. The van der Waals surface area contributed by atoms with Crippen molar-refractivity contribution in [2.75, 3.05) is 26.8 Å². The third-order valence-corrected chi connectivity index (χ3v) is 5.51. The fourth-order valence-electron chi connectivity index (χ4n) is 3.93. The van der Waals surface area contributed by atoms with Gasteiger partial charge in [-0.1, -0.05) is 0 Å². The summed E-state index contributed by atoms with van der Waals surface area (Å²) in [4.78, 5) is 19.1. The molecule has 2 aliphatic rings. The minimum Gasteiger partial charge on any atom is -0.497 e. The van der Waals surface area contributed by atoms with Crippen molar-refractivity contribution < 1.29 is 19.0 Å². The van der Waals surface area contributed by atoms with Gasteiger partial charge in [-0.25, -0.2) is 4.79 Å². The first-order valence-electron chi connectivity index (χ1n) is 10.0. The van der Waals surface area contributed by atoms with Crippen molar-refractivity contribution in [1.82, 2.24) is 4.90 Å². The molecule has 1 amide bonds. The van der Waals surface area contributed by atoms with Crippen LogP contribution < -0.4 is 4.74 Å². The highest BCUT2D eigenvalue weighted by molar-refractivity contribution is 5.99. The van der Waals surface area contributed by atoms with Gasteiger partial charge in [0.05, 0.1) is 18.8 Å². The molecular formula is C22H32N2O4. The van der Waals surface area contributed by atoms with Gasteiger partial charge >= 0.3 is 6.09 Å². The Morgan fingerprint density at radius 1 is 1.21 bits per heavy atom. The highest BCUT2D eigenvalue weighted by Crippen LogP contribution is 2.38. The summed E-state index contributed by atoms with van der Waals surface area (Å²) in [7, 11) is 1.67. The number of hydrogen-bond acceptors (Lipinski definition) is 5. The van der Waals surface area contributed by atoms with E-state index in [0.29, 0.717) is 13.1 Å². The number of piperidine rings is 1. The van der Waals surface area contributed by atoms with E-state index in [1.165, 1.54) is 0 Å². The number of rotatable bonds is 3. The van der Waals surface area contributed by atoms with Gasteiger partial charge in [-0.3, -0.25) is 4.99 Å². The van der Waals surface area contributed by atoms with E-state index >= 15 is 0 Å². The van der Waals surface area contributed by atoms with Crippen LogP contribution in [0.2, 0.25) is 0 Å².